The van der Waals surface area contributed by atoms with Crippen molar-refractivity contribution in [3.05, 3.63) is 36.0 Å². The Kier molecular flexibility index (Phi) is 1.71. The summed E-state index contributed by atoms with van der Waals surface area (Å²) in [4.78, 5) is 3.16. The van der Waals surface area contributed by atoms with E-state index >= 15 is 0 Å². The predicted octanol–water partition coefficient (Wildman–Crippen LogP) is 2.79. The third kappa shape index (κ3) is 1.29. The summed E-state index contributed by atoms with van der Waals surface area (Å²) < 4.78 is 0. The van der Waals surface area contributed by atoms with Crippen LogP contribution < -0.4 is 0 Å². The second-order valence-corrected chi connectivity index (χ2v) is 4.82. The Hall–Kier alpha value is -1.28. The summed E-state index contributed by atoms with van der Waals surface area (Å²) in [5.41, 5.74) is 1.63. The van der Waals surface area contributed by atoms with Crippen LogP contribution in [-0.2, 0) is 5.60 Å². The molecule has 1 saturated carbocycles. The van der Waals surface area contributed by atoms with Crippen LogP contribution in [0.15, 0.2) is 30.5 Å². The highest BCUT2D eigenvalue weighted by Crippen LogP contribution is 2.45. The maximum atomic E-state index is 10.3. The zero-order valence-electron chi connectivity index (χ0n) is 8.83. The van der Waals surface area contributed by atoms with E-state index < -0.39 is 5.60 Å². The Balaban J connectivity index is 2.04. The van der Waals surface area contributed by atoms with Crippen LogP contribution in [0, 0.1) is 5.92 Å². The van der Waals surface area contributed by atoms with Crippen molar-refractivity contribution < 1.29 is 5.11 Å². The molecule has 1 fully saturated rings. The van der Waals surface area contributed by atoms with Gasteiger partial charge in [0.05, 0.1) is 5.60 Å². The molecule has 1 aliphatic rings. The van der Waals surface area contributed by atoms with E-state index in [-0.39, 0.29) is 0 Å². The number of nitrogens with one attached hydrogen (secondary N) is 1. The van der Waals surface area contributed by atoms with E-state index in [1.54, 1.807) is 0 Å². The Morgan fingerprint density at radius 3 is 2.87 bits per heavy atom. The highest BCUT2D eigenvalue weighted by atomic mass is 16.3. The summed E-state index contributed by atoms with van der Waals surface area (Å²) >= 11 is 0. The number of hydrogen-bond acceptors (Lipinski definition) is 1. The predicted molar refractivity (Wildman–Crippen MR) is 60.6 cm³/mol. The molecule has 2 aromatic rings. The average molecular weight is 201 g/mol. The minimum atomic E-state index is -0.565. The van der Waals surface area contributed by atoms with E-state index in [2.05, 4.69) is 18.0 Å². The normalized spacial score (nSPS) is 30.4. The Morgan fingerprint density at radius 2 is 2.13 bits per heavy atom. The molecule has 2 nitrogen and oxygen atoms in total. The standard InChI is InChI=1S/C13H15NO/c1-9-7-13(15,8-9)11-2-3-12-10(6-11)4-5-14-12/h2-6,9,14-15H,7-8H2,1H3. The van der Waals surface area contributed by atoms with Crippen molar-refractivity contribution >= 4 is 10.9 Å². The van der Waals surface area contributed by atoms with E-state index in [1.807, 2.05) is 24.4 Å². The van der Waals surface area contributed by atoms with Gasteiger partial charge in [-0.2, -0.15) is 0 Å². The van der Waals surface area contributed by atoms with Crippen LogP contribution >= 0.6 is 0 Å². The molecule has 0 unspecified atom stereocenters. The number of aromatic nitrogens is 1. The summed E-state index contributed by atoms with van der Waals surface area (Å²) in [5.74, 6) is 0.650. The Labute approximate surface area is 88.9 Å². The van der Waals surface area contributed by atoms with Crippen molar-refractivity contribution in [1.29, 1.82) is 0 Å². The lowest BCUT2D eigenvalue weighted by atomic mass is 9.68. The first-order valence-corrected chi connectivity index (χ1v) is 5.47. The van der Waals surface area contributed by atoms with Crippen molar-refractivity contribution in [1.82, 2.24) is 4.98 Å². The molecule has 0 aliphatic heterocycles. The Morgan fingerprint density at radius 1 is 1.33 bits per heavy atom. The highest BCUT2D eigenvalue weighted by molar-refractivity contribution is 5.80. The van der Waals surface area contributed by atoms with Gasteiger partial charge in [0.15, 0.2) is 0 Å². The van der Waals surface area contributed by atoms with E-state index in [0.29, 0.717) is 5.92 Å². The number of rotatable bonds is 1. The van der Waals surface area contributed by atoms with Crippen LogP contribution in [0.1, 0.15) is 25.3 Å². The zero-order valence-corrected chi connectivity index (χ0v) is 8.83. The molecule has 3 rings (SSSR count). The van der Waals surface area contributed by atoms with Gasteiger partial charge in [0, 0.05) is 11.7 Å². The summed E-state index contributed by atoms with van der Waals surface area (Å²) in [7, 11) is 0. The fourth-order valence-electron chi connectivity index (χ4n) is 2.67. The van der Waals surface area contributed by atoms with Gasteiger partial charge in [-0.1, -0.05) is 13.0 Å². The van der Waals surface area contributed by atoms with Crippen molar-refractivity contribution in [2.75, 3.05) is 0 Å². The van der Waals surface area contributed by atoms with Crippen LogP contribution in [0.5, 0.6) is 0 Å². The molecule has 0 atom stereocenters. The molecule has 1 heterocycles. The van der Waals surface area contributed by atoms with Gasteiger partial charge >= 0.3 is 0 Å². The summed E-state index contributed by atoms with van der Waals surface area (Å²) in [6.45, 7) is 2.18. The third-order valence-corrected chi connectivity index (χ3v) is 3.46. The van der Waals surface area contributed by atoms with E-state index in [4.69, 9.17) is 0 Å². The lowest BCUT2D eigenvalue weighted by molar-refractivity contribution is -0.0737. The molecule has 1 aromatic carbocycles. The molecule has 1 aliphatic carbocycles. The van der Waals surface area contributed by atoms with Crippen molar-refractivity contribution in [3.63, 3.8) is 0 Å². The quantitative estimate of drug-likeness (QED) is 0.731. The van der Waals surface area contributed by atoms with Crippen LogP contribution in [0.2, 0.25) is 0 Å². The van der Waals surface area contributed by atoms with Crippen LogP contribution in [0.4, 0.5) is 0 Å². The smallest absolute Gasteiger partial charge is 0.0901 e. The topological polar surface area (TPSA) is 36.0 Å². The molecule has 78 valence electrons. The summed E-state index contributed by atoms with van der Waals surface area (Å²) in [5, 5.41) is 11.5. The van der Waals surface area contributed by atoms with Crippen LogP contribution in [-0.4, -0.2) is 10.1 Å². The molecule has 0 spiro atoms. The fraction of sp³-hybridized carbons (Fsp3) is 0.385. The SMILES string of the molecule is CC1CC(O)(c2ccc3[nH]ccc3c2)C1. The zero-order chi connectivity index (χ0) is 10.5. The number of benzene rings is 1. The molecule has 0 saturated heterocycles. The van der Waals surface area contributed by atoms with Gasteiger partial charge in [-0.3, -0.25) is 0 Å². The number of fused-ring (bicyclic) bond motifs is 1. The van der Waals surface area contributed by atoms with Gasteiger partial charge in [-0.25, -0.2) is 0 Å². The second-order valence-electron chi connectivity index (χ2n) is 4.82. The van der Waals surface area contributed by atoms with Crippen LogP contribution in [0.3, 0.4) is 0 Å². The van der Waals surface area contributed by atoms with E-state index in [9.17, 15) is 5.11 Å². The summed E-state index contributed by atoms with van der Waals surface area (Å²) in [6.07, 6.45) is 3.72. The molecule has 1 aromatic heterocycles. The minimum absolute atomic E-state index is 0.565. The number of aromatic amines is 1. The molecule has 0 bridgehead atoms. The molecule has 2 N–H and O–H groups in total. The third-order valence-electron chi connectivity index (χ3n) is 3.46. The monoisotopic (exact) mass is 201 g/mol. The first-order valence-electron chi connectivity index (χ1n) is 5.47. The van der Waals surface area contributed by atoms with Gasteiger partial charge < -0.3 is 10.1 Å². The van der Waals surface area contributed by atoms with E-state index in [0.717, 1.165) is 23.9 Å². The summed E-state index contributed by atoms with van der Waals surface area (Å²) in [6, 6.07) is 8.22. The first-order chi connectivity index (χ1) is 7.17. The van der Waals surface area contributed by atoms with Crippen molar-refractivity contribution in [2.45, 2.75) is 25.4 Å². The van der Waals surface area contributed by atoms with Gasteiger partial charge in [0.1, 0.15) is 0 Å². The first kappa shape index (κ1) is 8.98. The maximum absolute atomic E-state index is 10.3. The molecular formula is C13H15NO. The largest absolute Gasteiger partial charge is 0.385 e. The Bertz CT molecular complexity index is 494. The molecular weight excluding hydrogens is 186 g/mol. The highest BCUT2D eigenvalue weighted by Gasteiger charge is 2.41. The molecule has 2 heteroatoms. The van der Waals surface area contributed by atoms with Crippen molar-refractivity contribution in [3.8, 4) is 0 Å². The average Bonchev–Trinajstić information content (AvgIpc) is 2.61. The molecule has 15 heavy (non-hydrogen) atoms. The lowest BCUT2D eigenvalue weighted by Gasteiger charge is -2.42. The van der Waals surface area contributed by atoms with Gasteiger partial charge in [-0.05, 0) is 47.9 Å². The van der Waals surface area contributed by atoms with Crippen molar-refractivity contribution in [2.24, 2.45) is 5.92 Å². The van der Waals surface area contributed by atoms with Crippen LogP contribution in [0.25, 0.3) is 10.9 Å². The second kappa shape index (κ2) is 2.86. The number of hydrogen-bond donors (Lipinski definition) is 2. The number of H-pyrrole nitrogens is 1. The molecule has 0 amide bonds. The number of aliphatic hydroxyl groups is 1. The van der Waals surface area contributed by atoms with E-state index in [1.165, 1.54) is 5.39 Å². The molecule has 0 radical (unpaired) electrons. The minimum Gasteiger partial charge on any atom is -0.385 e. The van der Waals surface area contributed by atoms with Gasteiger partial charge in [0.2, 0.25) is 0 Å². The maximum Gasteiger partial charge on any atom is 0.0901 e. The fourth-order valence-corrected chi connectivity index (χ4v) is 2.67. The van der Waals surface area contributed by atoms with Gasteiger partial charge in [-0.15, -0.1) is 0 Å². The lowest BCUT2D eigenvalue weighted by Crippen LogP contribution is -2.39. The van der Waals surface area contributed by atoms with Gasteiger partial charge in [0.25, 0.3) is 0 Å².